The predicted molar refractivity (Wildman–Crippen MR) is 150 cm³/mol. The lowest BCUT2D eigenvalue weighted by molar-refractivity contribution is 0.0623. The third kappa shape index (κ3) is 6.83. The lowest BCUT2D eigenvalue weighted by atomic mass is 9.97. The standard InChI is InChI=1S/C30H35FN4O3S/c1-21(2)38-26-9-5-24(6-10-26)29(36)34-13-11-23(12-14-34)28-32-27(20-39-28)30(37)35-17-15-33(16-18-35)19-22-3-7-25(31)8-4-22/h3-10,20-21,23H,11-19H2,1-2H3. The van der Waals surface area contributed by atoms with Crippen LogP contribution in [0.1, 0.15) is 64.0 Å². The molecule has 0 spiro atoms. The number of halogens is 1. The second-order valence-corrected chi connectivity index (χ2v) is 11.4. The number of piperazine rings is 1. The van der Waals surface area contributed by atoms with Crippen LogP contribution in [0.3, 0.4) is 0 Å². The number of benzene rings is 2. The molecule has 0 unspecified atom stereocenters. The molecule has 2 aliphatic rings. The highest BCUT2D eigenvalue weighted by Crippen LogP contribution is 2.31. The largest absolute Gasteiger partial charge is 0.491 e. The van der Waals surface area contributed by atoms with Crippen LogP contribution in [-0.2, 0) is 6.54 Å². The van der Waals surface area contributed by atoms with Gasteiger partial charge in [0.25, 0.3) is 11.8 Å². The zero-order valence-electron chi connectivity index (χ0n) is 22.5. The van der Waals surface area contributed by atoms with Crippen LogP contribution in [0, 0.1) is 5.82 Å². The molecule has 5 rings (SSSR count). The average Bonchev–Trinajstić information content (AvgIpc) is 3.45. The van der Waals surface area contributed by atoms with Crippen LogP contribution in [0.5, 0.6) is 5.75 Å². The highest BCUT2D eigenvalue weighted by Gasteiger charge is 2.29. The number of hydrogen-bond donors (Lipinski definition) is 0. The molecule has 0 radical (unpaired) electrons. The predicted octanol–water partition coefficient (Wildman–Crippen LogP) is 5.05. The molecule has 1 aromatic heterocycles. The molecule has 3 aromatic rings. The van der Waals surface area contributed by atoms with Gasteiger partial charge in [0.2, 0.25) is 0 Å². The molecule has 2 amide bonds. The van der Waals surface area contributed by atoms with Crippen molar-refractivity contribution in [2.45, 2.75) is 45.3 Å². The van der Waals surface area contributed by atoms with Gasteiger partial charge < -0.3 is 14.5 Å². The lowest BCUT2D eigenvalue weighted by Gasteiger charge is -2.34. The van der Waals surface area contributed by atoms with Gasteiger partial charge in [0.1, 0.15) is 17.3 Å². The van der Waals surface area contributed by atoms with Gasteiger partial charge in [0.15, 0.2) is 0 Å². The molecular formula is C30H35FN4O3S. The fourth-order valence-electron chi connectivity index (χ4n) is 5.15. The zero-order chi connectivity index (χ0) is 27.4. The smallest absolute Gasteiger partial charge is 0.273 e. The van der Waals surface area contributed by atoms with Gasteiger partial charge in [-0.3, -0.25) is 14.5 Å². The summed E-state index contributed by atoms with van der Waals surface area (Å²) in [4.78, 5) is 36.9. The van der Waals surface area contributed by atoms with Crippen LogP contribution in [0.4, 0.5) is 4.39 Å². The SMILES string of the molecule is CC(C)Oc1ccc(C(=O)N2CCC(c3nc(C(=O)N4CCN(Cc5ccc(F)cc5)CC4)cs3)CC2)cc1. The number of likely N-dealkylation sites (tertiary alicyclic amines) is 1. The van der Waals surface area contributed by atoms with E-state index in [4.69, 9.17) is 9.72 Å². The van der Waals surface area contributed by atoms with Crippen molar-refractivity contribution in [3.8, 4) is 5.75 Å². The van der Waals surface area contributed by atoms with Crippen molar-refractivity contribution in [2.24, 2.45) is 0 Å². The number of aromatic nitrogens is 1. The minimum Gasteiger partial charge on any atom is -0.491 e. The molecule has 39 heavy (non-hydrogen) atoms. The first-order valence-corrected chi connectivity index (χ1v) is 14.5. The van der Waals surface area contributed by atoms with Crippen LogP contribution >= 0.6 is 11.3 Å². The number of ether oxygens (including phenoxy) is 1. The van der Waals surface area contributed by atoms with E-state index in [-0.39, 0.29) is 29.7 Å². The number of thiazole rings is 1. The van der Waals surface area contributed by atoms with Gasteiger partial charge in [-0.2, -0.15) is 0 Å². The Labute approximate surface area is 233 Å². The number of piperidine rings is 1. The topological polar surface area (TPSA) is 66.0 Å². The van der Waals surface area contributed by atoms with Crippen molar-refractivity contribution in [1.82, 2.24) is 19.7 Å². The molecule has 0 bridgehead atoms. The van der Waals surface area contributed by atoms with Gasteiger partial charge in [-0.25, -0.2) is 9.37 Å². The Morgan fingerprint density at radius 1 is 0.923 bits per heavy atom. The quantitative estimate of drug-likeness (QED) is 0.412. The fourth-order valence-corrected chi connectivity index (χ4v) is 6.12. The van der Waals surface area contributed by atoms with E-state index in [2.05, 4.69) is 4.90 Å². The highest BCUT2D eigenvalue weighted by molar-refractivity contribution is 7.09. The molecule has 7 nitrogen and oxygen atoms in total. The minimum atomic E-state index is -0.227. The van der Waals surface area contributed by atoms with Crippen molar-refractivity contribution in [3.63, 3.8) is 0 Å². The van der Waals surface area contributed by atoms with Crippen LogP contribution in [0.25, 0.3) is 0 Å². The second-order valence-electron chi connectivity index (χ2n) is 10.5. The summed E-state index contributed by atoms with van der Waals surface area (Å²) in [5, 5.41) is 2.86. The Balaban J connectivity index is 1.09. The molecule has 0 aliphatic carbocycles. The summed E-state index contributed by atoms with van der Waals surface area (Å²) < 4.78 is 18.8. The maximum atomic E-state index is 13.2. The van der Waals surface area contributed by atoms with Crippen molar-refractivity contribution in [1.29, 1.82) is 0 Å². The third-order valence-corrected chi connectivity index (χ3v) is 8.33. The summed E-state index contributed by atoms with van der Waals surface area (Å²) in [6, 6.07) is 13.9. The van der Waals surface area contributed by atoms with Gasteiger partial charge >= 0.3 is 0 Å². The summed E-state index contributed by atoms with van der Waals surface area (Å²) in [5.74, 6) is 0.820. The molecule has 206 valence electrons. The van der Waals surface area contributed by atoms with E-state index in [1.165, 1.54) is 12.1 Å². The molecule has 3 heterocycles. The van der Waals surface area contributed by atoms with Crippen LogP contribution in [0.15, 0.2) is 53.9 Å². The van der Waals surface area contributed by atoms with E-state index in [0.29, 0.717) is 37.4 Å². The van der Waals surface area contributed by atoms with Crippen molar-refractivity contribution >= 4 is 23.2 Å². The highest BCUT2D eigenvalue weighted by atomic mass is 32.1. The zero-order valence-corrected chi connectivity index (χ0v) is 23.3. The number of carbonyl (C=O) groups is 2. The number of carbonyl (C=O) groups excluding carboxylic acids is 2. The van der Waals surface area contributed by atoms with Gasteiger partial charge in [-0.05, 0) is 68.7 Å². The molecule has 0 saturated carbocycles. The number of nitrogens with zero attached hydrogens (tertiary/aromatic N) is 4. The summed E-state index contributed by atoms with van der Waals surface area (Å²) >= 11 is 1.55. The fraction of sp³-hybridized carbons (Fsp3) is 0.433. The van der Waals surface area contributed by atoms with E-state index in [0.717, 1.165) is 48.8 Å². The molecule has 9 heteroatoms. The van der Waals surface area contributed by atoms with Crippen molar-refractivity contribution in [3.05, 3.63) is 81.6 Å². The molecule has 2 saturated heterocycles. The summed E-state index contributed by atoms with van der Waals surface area (Å²) in [6.45, 7) is 8.91. The molecule has 2 aliphatic heterocycles. The van der Waals surface area contributed by atoms with Crippen molar-refractivity contribution in [2.75, 3.05) is 39.3 Å². The second kappa shape index (κ2) is 12.3. The molecule has 2 aromatic carbocycles. The third-order valence-electron chi connectivity index (χ3n) is 7.32. The molecule has 0 atom stereocenters. The normalized spacial score (nSPS) is 17.0. The molecule has 0 N–H and O–H groups in total. The minimum absolute atomic E-state index is 0.0172. The van der Waals surface area contributed by atoms with Crippen LogP contribution in [0.2, 0.25) is 0 Å². The number of rotatable bonds is 7. The van der Waals surface area contributed by atoms with Gasteiger partial charge in [0, 0.05) is 62.7 Å². The lowest BCUT2D eigenvalue weighted by Crippen LogP contribution is -2.48. The van der Waals surface area contributed by atoms with Crippen LogP contribution in [-0.4, -0.2) is 76.9 Å². The molecular weight excluding hydrogens is 515 g/mol. The Kier molecular flexibility index (Phi) is 8.57. The number of hydrogen-bond acceptors (Lipinski definition) is 6. The monoisotopic (exact) mass is 550 g/mol. The summed E-state index contributed by atoms with van der Waals surface area (Å²) in [6.07, 6.45) is 1.77. The Bertz CT molecular complexity index is 1260. The summed E-state index contributed by atoms with van der Waals surface area (Å²) in [7, 11) is 0. The summed E-state index contributed by atoms with van der Waals surface area (Å²) in [5.41, 5.74) is 2.26. The molecule has 2 fully saturated rings. The van der Waals surface area contributed by atoms with Gasteiger partial charge in [-0.1, -0.05) is 12.1 Å². The number of amides is 2. The first-order chi connectivity index (χ1) is 18.9. The Hall–Kier alpha value is -3.30. The van der Waals surface area contributed by atoms with Crippen LogP contribution < -0.4 is 4.74 Å². The van der Waals surface area contributed by atoms with Crippen molar-refractivity contribution < 1.29 is 18.7 Å². The average molecular weight is 551 g/mol. The Morgan fingerprint density at radius 2 is 1.56 bits per heavy atom. The van der Waals surface area contributed by atoms with E-state index in [1.807, 2.05) is 65.4 Å². The van der Waals surface area contributed by atoms with E-state index < -0.39 is 0 Å². The van der Waals surface area contributed by atoms with Gasteiger partial charge in [-0.15, -0.1) is 11.3 Å². The first kappa shape index (κ1) is 27.3. The Morgan fingerprint density at radius 3 is 2.21 bits per heavy atom. The van der Waals surface area contributed by atoms with Gasteiger partial charge in [0.05, 0.1) is 11.1 Å². The maximum Gasteiger partial charge on any atom is 0.273 e. The first-order valence-electron chi connectivity index (χ1n) is 13.6. The maximum absolute atomic E-state index is 13.2. The van der Waals surface area contributed by atoms with E-state index in [9.17, 15) is 14.0 Å². The van der Waals surface area contributed by atoms with E-state index in [1.54, 1.807) is 11.3 Å². The van der Waals surface area contributed by atoms with E-state index >= 15 is 0 Å².